The van der Waals surface area contributed by atoms with Crippen LogP contribution in [0.1, 0.15) is 24.2 Å². The summed E-state index contributed by atoms with van der Waals surface area (Å²) in [7, 11) is 0. The molecular weight excluding hydrogens is 236 g/mol. The number of carboxylic acids is 1. The highest BCUT2D eigenvalue weighted by Gasteiger charge is 2.29. The first-order valence-corrected chi connectivity index (χ1v) is 5.25. The molecule has 18 heavy (non-hydrogen) atoms. The van der Waals surface area contributed by atoms with Crippen molar-refractivity contribution in [1.29, 1.82) is 0 Å². The van der Waals surface area contributed by atoms with Gasteiger partial charge >= 0.3 is 5.97 Å². The van der Waals surface area contributed by atoms with Gasteiger partial charge in [-0.2, -0.15) is 0 Å². The maximum absolute atomic E-state index is 11.9. The lowest BCUT2D eigenvalue weighted by Gasteiger charge is -2.20. The lowest BCUT2D eigenvalue weighted by atomic mass is 10.1. The molecule has 2 aromatic heterocycles. The first-order valence-electron chi connectivity index (χ1n) is 5.25. The zero-order chi connectivity index (χ0) is 13.3. The van der Waals surface area contributed by atoms with Crippen LogP contribution in [0.4, 0.5) is 0 Å². The van der Waals surface area contributed by atoms with Crippen molar-refractivity contribution in [3.05, 3.63) is 30.2 Å². The van der Waals surface area contributed by atoms with Crippen molar-refractivity contribution in [2.45, 2.75) is 19.4 Å². The van der Waals surface area contributed by atoms with Gasteiger partial charge in [0.1, 0.15) is 11.9 Å². The van der Waals surface area contributed by atoms with Gasteiger partial charge in [-0.25, -0.2) is 4.79 Å². The molecule has 2 N–H and O–H groups in total. The van der Waals surface area contributed by atoms with Gasteiger partial charge in [-0.05, 0) is 26.0 Å². The summed E-state index contributed by atoms with van der Waals surface area (Å²) in [6.07, 6.45) is 3.01. The normalized spacial score (nSPS) is 11.4. The molecule has 0 saturated carbocycles. The highest BCUT2D eigenvalue weighted by Crippen LogP contribution is 2.07. The molecule has 94 valence electrons. The number of fused-ring (bicyclic) bond motifs is 1. The summed E-state index contributed by atoms with van der Waals surface area (Å²) in [5.41, 5.74) is -0.361. The van der Waals surface area contributed by atoms with Gasteiger partial charge in [-0.1, -0.05) is 0 Å². The van der Waals surface area contributed by atoms with Crippen molar-refractivity contribution in [2.75, 3.05) is 0 Å². The number of hydrogen-bond donors (Lipinski definition) is 2. The predicted octanol–water partition coefficient (Wildman–Crippen LogP) is 0.322. The van der Waals surface area contributed by atoms with E-state index in [-0.39, 0.29) is 0 Å². The summed E-state index contributed by atoms with van der Waals surface area (Å²) >= 11 is 0. The average Bonchev–Trinajstić information content (AvgIpc) is 2.74. The Morgan fingerprint density at radius 1 is 1.39 bits per heavy atom. The monoisotopic (exact) mass is 248 g/mol. The van der Waals surface area contributed by atoms with Crippen molar-refractivity contribution in [2.24, 2.45) is 0 Å². The predicted molar refractivity (Wildman–Crippen MR) is 62.2 cm³/mol. The molecule has 0 atom stereocenters. The molecule has 0 aliphatic rings. The average molecular weight is 248 g/mol. The molecule has 0 aliphatic carbocycles. The molecule has 0 radical (unpaired) electrons. The molecule has 0 bridgehead atoms. The van der Waals surface area contributed by atoms with E-state index in [0.29, 0.717) is 11.2 Å². The fourth-order valence-electron chi connectivity index (χ4n) is 1.37. The van der Waals surface area contributed by atoms with Gasteiger partial charge in [0.25, 0.3) is 5.91 Å². The minimum atomic E-state index is -1.32. The summed E-state index contributed by atoms with van der Waals surface area (Å²) in [5.74, 6) is -1.56. The smallest absolute Gasteiger partial charge is 0.328 e. The van der Waals surface area contributed by atoms with Crippen LogP contribution in [-0.2, 0) is 4.79 Å². The Kier molecular flexibility index (Phi) is 2.74. The van der Waals surface area contributed by atoms with Crippen LogP contribution < -0.4 is 5.32 Å². The topological polar surface area (TPSA) is 96.6 Å². The first kappa shape index (κ1) is 12.0. The van der Waals surface area contributed by atoms with E-state index in [4.69, 9.17) is 5.11 Å². The minimum absolute atomic E-state index is 0.344. The van der Waals surface area contributed by atoms with Crippen molar-refractivity contribution in [1.82, 2.24) is 19.9 Å². The number of rotatable bonds is 3. The lowest BCUT2D eigenvalue weighted by Crippen LogP contribution is -2.49. The van der Waals surface area contributed by atoms with Gasteiger partial charge in [0.15, 0.2) is 5.65 Å². The van der Waals surface area contributed by atoms with Crippen molar-refractivity contribution in [3.8, 4) is 0 Å². The third-order valence-corrected chi connectivity index (χ3v) is 2.51. The zero-order valence-corrected chi connectivity index (χ0v) is 9.91. The van der Waals surface area contributed by atoms with Crippen LogP contribution >= 0.6 is 0 Å². The molecule has 0 aromatic carbocycles. The second-order valence-corrected chi connectivity index (χ2v) is 4.40. The highest BCUT2D eigenvalue weighted by atomic mass is 16.4. The Morgan fingerprint density at radius 2 is 2.11 bits per heavy atom. The summed E-state index contributed by atoms with van der Waals surface area (Å²) in [5, 5.41) is 18.9. The van der Waals surface area contributed by atoms with E-state index in [2.05, 4.69) is 15.5 Å². The number of carboxylic acid groups (broad SMARTS) is 1. The lowest BCUT2D eigenvalue weighted by molar-refractivity contribution is -0.143. The molecule has 1 amide bonds. The van der Waals surface area contributed by atoms with Gasteiger partial charge in [0.05, 0.1) is 5.56 Å². The van der Waals surface area contributed by atoms with Crippen molar-refractivity contribution < 1.29 is 14.7 Å². The Bertz CT molecular complexity index is 618. The van der Waals surface area contributed by atoms with E-state index in [9.17, 15) is 9.59 Å². The second-order valence-electron chi connectivity index (χ2n) is 4.40. The third kappa shape index (κ3) is 2.15. The first-order chi connectivity index (χ1) is 8.40. The van der Waals surface area contributed by atoms with Crippen LogP contribution in [0, 0.1) is 0 Å². The number of amides is 1. The molecule has 7 nitrogen and oxygen atoms in total. The number of nitrogens with zero attached hydrogens (tertiary/aromatic N) is 3. The fraction of sp³-hybridized carbons (Fsp3) is 0.273. The number of nitrogens with one attached hydrogen (secondary N) is 1. The molecule has 2 heterocycles. The zero-order valence-electron chi connectivity index (χ0n) is 9.91. The minimum Gasteiger partial charge on any atom is -0.480 e. The molecular formula is C11H12N4O3. The quantitative estimate of drug-likeness (QED) is 0.815. The van der Waals surface area contributed by atoms with Crippen LogP contribution in [0.5, 0.6) is 0 Å². The molecule has 2 aromatic rings. The second kappa shape index (κ2) is 4.10. The Hall–Kier alpha value is -2.44. The van der Waals surface area contributed by atoms with E-state index in [0.717, 1.165) is 0 Å². The fourth-order valence-corrected chi connectivity index (χ4v) is 1.37. The van der Waals surface area contributed by atoms with Gasteiger partial charge in [0.2, 0.25) is 0 Å². The summed E-state index contributed by atoms with van der Waals surface area (Å²) < 4.78 is 1.59. The molecule has 0 unspecified atom stereocenters. The van der Waals surface area contributed by atoms with Gasteiger partial charge in [-0.3, -0.25) is 9.20 Å². The van der Waals surface area contributed by atoms with E-state index in [1.54, 1.807) is 22.7 Å². The SMILES string of the molecule is CC(C)(NC(=O)c1ccc2nncn2c1)C(=O)O. The van der Waals surface area contributed by atoms with Crippen LogP contribution in [0.3, 0.4) is 0 Å². The van der Waals surface area contributed by atoms with Crippen molar-refractivity contribution in [3.63, 3.8) is 0 Å². The Balaban J connectivity index is 2.25. The maximum atomic E-state index is 11.9. The Labute approximate surface area is 102 Å². The summed E-state index contributed by atoms with van der Waals surface area (Å²) in [6.45, 7) is 2.84. The van der Waals surface area contributed by atoms with Crippen LogP contribution in [0.25, 0.3) is 5.65 Å². The third-order valence-electron chi connectivity index (χ3n) is 2.51. The van der Waals surface area contributed by atoms with Crippen LogP contribution in [0.15, 0.2) is 24.7 Å². The summed E-state index contributed by atoms with van der Waals surface area (Å²) in [6, 6.07) is 3.20. The molecule has 0 aliphatic heterocycles. The summed E-state index contributed by atoms with van der Waals surface area (Å²) in [4.78, 5) is 22.8. The molecule has 2 rings (SSSR count). The number of carbonyl (C=O) groups is 2. The van der Waals surface area contributed by atoms with E-state index in [1.807, 2.05) is 0 Å². The number of pyridine rings is 1. The van der Waals surface area contributed by atoms with E-state index in [1.165, 1.54) is 20.2 Å². The largest absolute Gasteiger partial charge is 0.480 e. The molecule has 7 heteroatoms. The number of aromatic nitrogens is 3. The number of aliphatic carboxylic acids is 1. The standard InChI is InChI=1S/C11H12N4O3/c1-11(2,10(17)18)13-9(16)7-3-4-8-14-12-6-15(8)5-7/h3-6H,1-2H3,(H,13,16)(H,17,18). The highest BCUT2D eigenvalue weighted by molar-refractivity contribution is 5.97. The van der Waals surface area contributed by atoms with Gasteiger partial charge in [0, 0.05) is 6.20 Å². The maximum Gasteiger partial charge on any atom is 0.328 e. The van der Waals surface area contributed by atoms with Gasteiger partial charge in [-0.15, -0.1) is 10.2 Å². The molecule has 0 saturated heterocycles. The Morgan fingerprint density at radius 3 is 2.78 bits per heavy atom. The van der Waals surface area contributed by atoms with Crippen LogP contribution in [-0.4, -0.2) is 37.1 Å². The molecule has 0 spiro atoms. The van der Waals surface area contributed by atoms with Gasteiger partial charge < -0.3 is 10.4 Å². The van der Waals surface area contributed by atoms with Crippen molar-refractivity contribution >= 4 is 17.5 Å². The van der Waals surface area contributed by atoms with E-state index >= 15 is 0 Å². The van der Waals surface area contributed by atoms with Crippen LogP contribution in [0.2, 0.25) is 0 Å². The number of carbonyl (C=O) groups excluding carboxylic acids is 1. The number of hydrogen-bond acceptors (Lipinski definition) is 4. The molecule has 0 fully saturated rings. The van der Waals surface area contributed by atoms with E-state index < -0.39 is 17.4 Å².